The molecule has 194 valence electrons. The Morgan fingerprint density at radius 3 is 2.08 bits per heavy atom. The van der Waals surface area contributed by atoms with Gasteiger partial charge >= 0.3 is 5.97 Å². The first-order chi connectivity index (χ1) is 18.5. The Balaban J connectivity index is 1.43. The van der Waals surface area contributed by atoms with Crippen molar-refractivity contribution in [3.05, 3.63) is 121 Å². The molecule has 4 aromatic rings. The van der Waals surface area contributed by atoms with Crippen LogP contribution in [0.5, 0.6) is 11.5 Å². The van der Waals surface area contributed by atoms with E-state index in [-0.39, 0.29) is 11.9 Å². The average molecular weight is 509 g/mol. The van der Waals surface area contributed by atoms with Gasteiger partial charge in [-0.3, -0.25) is 0 Å². The van der Waals surface area contributed by atoms with Gasteiger partial charge < -0.3 is 9.47 Å². The minimum atomic E-state index is -0.428. The maximum absolute atomic E-state index is 13.2. The van der Waals surface area contributed by atoms with Crippen molar-refractivity contribution < 1.29 is 18.7 Å². The first-order valence-corrected chi connectivity index (χ1v) is 13.1. The maximum Gasteiger partial charge on any atom is 0.343 e. The predicted octanol–water partition coefficient (Wildman–Crippen LogP) is 9.06. The lowest BCUT2D eigenvalue weighted by Gasteiger charge is -2.18. The zero-order chi connectivity index (χ0) is 26.9. The minimum absolute atomic E-state index is 0.161. The second-order valence-electron chi connectivity index (χ2n) is 9.38. The lowest BCUT2D eigenvalue weighted by Crippen LogP contribution is -2.12. The van der Waals surface area contributed by atoms with Crippen molar-refractivity contribution in [1.82, 2.24) is 0 Å². The predicted molar refractivity (Wildman–Crippen MR) is 152 cm³/mol. The third kappa shape index (κ3) is 6.98. The number of hydrogen-bond donors (Lipinski definition) is 0. The summed E-state index contributed by atoms with van der Waals surface area (Å²) in [5.74, 6) is 0.634. The van der Waals surface area contributed by atoms with Crippen molar-refractivity contribution in [3.63, 3.8) is 0 Å². The lowest BCUT2D eigenvalue weighted by atomic mass is 9.99. The second-order valence-corrected chi connectivity index (χ2v) is 9.38. The van der Waals surface area contributed by atoms with Crippen molar-refractivity contribution in [2.24, 2.45) is 0 Å². The molecule has 0 aliphatic carbocycles. The van der Waals surface area contributed by atoms with E-state index in [1.807, 2.05) is 42.5 Å². The molecule has 4 aromatic carbocycles. The summed E-state index contributed by atoms with van der Waals surface area (Å²) in [6.45, 7) is 8.19. The summed E-state index contributed by atoms with van der Waals surface area (Å²) in [5.41, 5.74) is 5.41. The molecule has 0 spiro atoms. The Morgan fingerprint density at radius 2 is 1.45 bits per heavy atom. The molecule has 38 heavy (non-hydrogen) atoms. The third-order valence-electron chi connectivity index (χ3n) is 6.41. The van der Waals surface area contributed by atoms with Gasteiger partial charge in [-0.05, 0) is 96.1 Å². The molecule has 4 rings (SSSR count). The number of carbonyl (C=O) groups excluding carboxylic acids is 1. The van der Waals surface area contributed by atoms with Crippen LogP contribution in [0.1, 0.15) is 49.0 Å². The number of esters is 1. The SMILES string of the molecule is C=CCc1cc(-c2ccc(C(=O)Oc3ccc(-c4ccc(F)cc4)cc3)cc2)ccc1OC(C)CCCC. The minimum Gasteiger partial charge on any atom is -0.490 e. The third-order valence-corrected chi connectivity index (χ3v) is 6.41. The van der Waals surface area contributed by atoms with Gasteiger partial charge in [0.1, 0.15) is 17.3 Å². The first-order valence-electron chi connectivity index (χ1n) is 13.1. The zero-order valence-corrected chi connectivity index (χ0v) is 22.0. The fraction of sp³-hybridized carbons (Fsp3) is 0.206. The number of unbranched alkanes of at least 4 members (excludes halogenated alkanes) is 1. The number of ether oxygens (including phenoxy) is 2. The van der Waals surface area contributed by atoms with E-state index in [2.05, 4.69) is 26.5 Å². The van der Waals surface area contributed by atoms with Crippen LogP contribution in [0.3, 0.4) is 0 Å². The summed E-state index contributed by atoms with van der Waals surface area (Å²) in [5, 5.41) is 0. The Labute approximate surface area is 224 Å². The zero-order valence-electron chi connectivity index (χ0n) is 22.0. The quantitative estimate of drug-likeness (QED) is 0.115. The monoisotopic (exact) mass is 508 g/mol. The first kappa shape index (κ1) is 26.9. The van der Waals surface area contributed by atoms with Crippen LogP contribution in [0.15, 0.2) is 104 Å². The molecule has 0 heterocycles. The molecular formula is C34H33FO3. The molecule has 0 N–H and O–H groups in total. The van der Waals surface area contributed by atoms with Crippen LogP contribution in [0.25, 0.3) is 22.3 Å². The van der Waals surface area contributed by atoms with E-state index in [1.54, 1.807) is 36.4 Å². The van der Waals surface area contributed by atoms with E-state index >= 15 is 0 Å². The number of carbonyl (C=O) groups is 1. The van der Waals surface area contributed by atoms with Crippen LogP contribution in [0.4, 0.5) is 4.39 Å². The highest BCUT2D eigenvalue weighted by molar-refractivity contribution is 5.91. The molecule has 1 atom stereocenters. The topological polar surface area (TPSA) is 35.5 Å². The van der Waals surface area contributed by atoms with Gasteiger partial charge in [0.05, 0.1) is 11.7 Å². The number of benzene rings is 4. The van der Waals surface area contributed by atoms with Crippen molar-refractivity contribution in [2.45, 2.75) is 45.6 Å². The van der Waals surface area contributed by atoms with Crippen LogP contribution >= 0.6 is 0 Å². The number of halogens is 1. The van der Waals surface area contributed by atoms with E-state index < -0.39 is 5.97 Å². The maximum atomic E-state index is 13.2. The molecule has 0 bridgehead atoms. The van der Waals surface area contributed by atoms with Gasteiger partial charge in [0.15, 0.2) is 0 Å². The van der Waals surface area contributed by atoms with Gasteiger partial charge in [0.2, 0.25) is 0 Å². The van der Waals surface area contributed by atoms with Crippen molar-refractivity contribution in [3.8, 4) is 33.8 Å². The molecule has 0 radical (unpaired) electrons. The van der Waals surface area contributed by atoms with Crippen LogP contribution in [-0.2, 0) is 6.42 Å². The standard InChI is InChI=1S/C34H33FO3/c1-4-6-8-24(3)37-33-22-17-29(23-30(33)7-5-2)27-9-11-28(12-10-27)34(36)38-32-20-15-26(16-21-32)25-13-18-31(35)19-14-25/h5,9-24H,2,4,6-8H2,1,3H3. The summed E-state index contributed by atoms with van der Waals surface area (Å²) in [6, 6.07) is 27.0. The average Bonchev–Trinajstić information content (AvgIpc) is 2.94. The fourth-order valence-electron chi connectivity index (χ4n) is 4.28. The smallest absolute Gasteiger partial charge is 0.343 e. The second kappa shape index (κ2) is 12.9. The normalized spacial score (nSPS) is 11.6. The summed E-state index contributed by atoms with van der Waals surface area (Å²) in [4.78, 5) is 12.7. The van der Waals surface area contributed by atoms with Crippen molar-refractivity contribution >= 4 is 5.97 Å². The number of rotatable bonds is 11. The Kier molecular flexibility index (Phi) is 9.10. The lowest BCUT2D eigenvalue weighted by molar-refractivity contribution is 0.0735. The Bertz CT molecular complexity index is 1360. The molecule has 0 aliphatic heterocycles. The van der Waals surface area contributed by atoms with Crippen molar-refractivity contribution in [1.29, 1.82) is 0 Å². The molecule has 3 nitrogen and oxygen atoms in total. The highest BCUT2D eigenvalue weighted by Gasteiger charge is 2.12. The van der Waals surface area contributed by atoms with Gasteiger partial charge in [0.25, 0.3) is 0 Å². The van der Waals surface area contributed by atoms with E-state index in [0.717, 1.165) is 52.8 Å². The highest BCUT2D eigenvalue weighted by atomic mass is 19.1. The summed E-state index contributed by atoms with van der Waals surface area (Å²) < 4.78 is 24.9. The van der Waals surface area contributed by atoms with Crippen LogP contribution in [-0.4, -0.2) is 12.1 Å². The van der Waals surface area contributed by atoms with Crippen LogP contribution in [0.2, 0.25) is 0 Å². The van der Waals surface area contributed by atoms with Gasteiger partial charge in [-0.15, -0.1) is 6.58 Å². The Morgan fingerprint density at radius 1 is 0.868 bits per heavy atom. The summed E-state index contributed by atoms with van der Waals surface area (Å²) in [6.07, 6.45) is 6.09. The summed E-state index contributed by atoms with van der Waals surface area (Å²) >= 11 is 0. The van der Waals surface area contributed by atoms with Gasteiger partial charge in [-0.1, -0.05) is 68.3 Å². The van der Waals surface area contributed by atoms with Gasteiger partial charge in [-0.2, -0.15) is 0 Å². The summed E-state index contributed by atoms with van der Waals surface area (Å²) in [7, 11) is 0. The molecule has 4 heteroatoms. The van der Waals surface area contributed by atoms with Crippen LogP contribution in [0, 0.1) is 5.82 Å². The molecule has 0 aliphatic rings. The molecule has 1 unspecified atom stereocenters. The fourth-order valence-corrected chi connectivity index (χ4v) is 4.28. The molecule has 0 fully saturated rings. The van der Waals surface area contributed by atoms with E-state index in [1.165, 1.54) is 12.1 Å². The Hall–Kier alpha value is -4.18. The van der Waals surface area contributed by atoms with E-state index in [9.17, 15) is 9.18 Å². The van der Waals surface area contributed by atoms with Crippen LogP contribution < -0.4 is 9.47 Å². The van der Waals surface area contributed by atoms with Gasteiger partial charge in [-0.25, -0.2) is 9.18 Å². The highest BCUT2D eigenvalue weighted by Crippen LogP contribution is 2.29. The number of allylic oxidation sites excluding steroid dienone is 1. The van der Waals surface area contributed by atoms with E-state index in [4.69, 9.17) is 9.47 Å². The van der Waals surface area contributed by atoms with Gasteiger partial charge in [0, 0.05) is 0 Å². The van der Waals surface area contributed by atoms with Crippen molar-refractivity contribution in [2.75, 3.05) is 0 Å². The molecule has 0 amide bonds. The molecule has 0 saturated carbocycles. The number of hydrogen-bond acceptors (Lipinski definition) is 3. The van der Waals surface area contributed by atoms with E-state index in [0.29, 0.717) is 17.7 Å². The molecule has 0 aromatic heterocycles. The molecular weight excluding hydrogens is 475 g/mol. The largest absolute Gasteiger partial charge is 0.490 e. The molecule has 0 saturated heterocycles.